The van der Waals surface area contributed by atoms with Gasteiger partial charge in [0.05, 0.1) is 0 Å². The van der Waals surface area contributed by atoms with Gasteiger partial charge in [-0.2, -0.15) is 0 Å². The van der Waals surface area contributed by atoms with Crippen molar-refractivity contribution in [3.63, 3.8) is 0 Å². The molecule has 0 saturated heterocycles. The number of hydrogen-bond acceptors (Lipinski definition) is 0. The minimum absolute atomic E-state index is 0. The molecule has 0 aromatic carbocycles. The Morgan fingerprint density at radius 2 is 0.429 bits per heavy atom. The van der Waals surface area contributed by atoms with Crippen LogP contribution in [0.1, 0.15) is 0 Å². The van der Waals surface area contributed by atoms with E-state index < -0.39 is 0 Å². The Morgan fingerprint density at radius 1 is 0.429 bits per heavy atom. The Labute approximate surface area is 56.0 Å². The molecule has 0 spiro atoms. The Morgan fingerprint density at radius 3 is 0.429 bits per heavy atom. The van der Waals surface area contributed by atoms with Crippen molar-refractivity contribution in [2.24, 2.45) is 0 Å². The molecule has 0 heterocycles. The summed E-state index contributed by atoms with van der Waals surface area (Å²) in [6.45, 7) is 0. The standard InChI is InChI=1S/2H3N.4O.W/h2*1H3;;;;;/q;;4*-2;+6/p+2. The SMILES string of the molecule is [NH4+].[NH4+].[O-2].[O-2].[O-2].[O-2].[W+6]. The summed E-state index contributed by atoms with van der Waals surface area (Å²) in [6.07, 6.45) is 0. The van der Waals surface area contributed by atoms with Gasteiger partial charge in [0.15, 0.2) is 0 Å². The van der Waals surface area contributed by atoms with Crippen LogP contribution in [0.4, 0.5) is 0 Å². The third-order valence-corrected chi connectivity index (χ3v) is 0. The van der Waals surface area contributed by atoms with Gasteiger partial charge in [-0.15, -0.1) is 0 Å². The fourth-order valence-electron chi connectivity index (χ4n) is 0. The molecule has 6 nitrogen and oxygen atoms in total. The van der Waals surface area contributed by atoms with Crippen LogP contribution in [-0.2, 0) is 43.0 Å². The van der Waals surface area contributed by atoms with Crippen LogP contribution in [0.15, 0.2) is 0 Å². The Balaban J connectivity index is 0. The Hall–Kier alpha value is 0.448. The van der Waals surface area contributed by atoms with Crippen LogP contribution in [0.2, 0.25) is 0 Å². The third-order valence-electron chi connectivity index (χ3n) is 0. The molecule has 7 heavy (non-hydrogen) atoms. The summed E-state index contributed by atoms with van der Waals surface area (Å²) in [5.74, 6) is 0. The van der Waals surface area contributed by atoms with Crippen LogP contribution in [0.5, 0.6) is 0 Å². The topological polar surface area (TPSA) is 187 Å². The molecule has 48 valence electrons. The van der Waals surface area contributed by atoms with Crippen molar-refractivity contribution < 1.29 is 43.0 Å². The van der Waals surface area contributed by atoms with E-state index >= 15 is 0 Å². The first kappa shape index (κ1) is 1540. The second-order valence-electron chi connectivity index (χ2n) is 0. The van der Waals surface area contributed by atoms with Crippen LogP contribution in [0.3, 0.4) is 0 Å². The first-order valence-corrected chi connectivity index (χ1v) is 0. The Kier molecular flexibility index (Phi) is 210000. The van der Waals surface area contributed by atoms with E-state index in [-0.39, 0.29) is 55.3 Å². The quantitative estimate of drug-likeness (QED) is 0.618. The number of rotatable bonds is 0. The molecule has 0 aliphatic carbocycles. The predicted octanol–water partition coefficient (Wildman–Crippen LogP) is 0.275. The molecule has 0 aliphatic rings. The van der Waals surface area contributed by atoms with E-state index in [4.69, 9.17) is 0 Å². The predicted molar refractivity (Wildman–Crippen MR) is 14.7 cm³/mol. The summed E-state index contributed by atoms with van der Waals surface area (Å²) in [5.41, 5.74) is 0. The van der Waals surface area contributed by atoms with Gasteiger partial charge in [-0.25, -0.2) is 0 Å². The minimum Gasteiger partial charge on any atom is -2.00 e. The molecule has 0 rings (SSSR count). The zero-order chi connectivity index (χ0) is 0. The molecule has 0 aromatic heterocycles. The average molecular weight is 284 g/mol. The molecule has 0 aromatic rings. The fraction of sp³-hybridized carbons (Fsp3) is 0. The van der Waals surface area contributed by atoms with E-state index in [1.165, 1.54) is 0 Å². The van der Waals surface area contributed by atoms with Crippen molar-refractivity contribution in [3.05, 3.63) is 0 Å². The second kappa shape index (κ2) is 952. The molecule has 0 unspecified atom stereocenters. The van der Waals surface area contributed by atoms with Crippen molar-refractivity contribution in [2.75, 3.05) is 0 Å². The van der Waals surface area contributed by atoms with Crippen molar-refractivity contribution in [1.82, 2.24) is 12.3 Å². The van der Waals surface area contributed by atoms with E-state index in [2.05, 4.69) is 0 Å². The zero-order valence-corrected chi connectivity index (χ0v) is 6.97. The molecule has 7 heteroatoms. The monoisotopic (exact) mass is 284 g/mol. The first-order chi connectivity index (χ1) is 0. The second-order valence-corrected chi connectivity index (χ2v) is 0. The third kappa shape index (κ3) is 635. The van der Waals surface area contributed by atoms with Gasteiger partial charge in [-0.3, -0.25) is 0 Å². The van der Waals surface area contributed by atoms with Gasteiger partial charge in [0, 0.05) is 0 Å². The molecular weight excluding hydrogens is 276 g/mol. The average Bonchev–Trinajstić information content (AvgIpc) is 0. The molecule has 0 radical (unpaired) electrons. The van der Waals surface area contributed by atoms with Gasteiger partial charge in [-0.05, 0) is 0 Å². The normalized spacial score (nSPS) is 0. The van der Waals surface area contributed by atoms with E-state index in [9.17, 15) is 0 Å². The van der Waals surface area contributed by atoms with Gasteiger partial charge in [0.2, 0.25) is 0 Å². The summed E-state index contributed by atoms with van der Waals surface area (Å²) < 4.78 is 0. The zero-order valence-electron chi connectivity index (χ0n) is 4.04. The first-order valence-electron chi connectivity index (χ1n) is 0. The van der Waals surface area contributed by atoms with Crippen molar-refractivity contribution >= 4 is 0 Å². The van der Waals surface area contributed by atoms with Crippen molar-refractivity contribution in [2.45, 2.75) is 0 Å². The summed E-state index contributed by atoms with van der Waals surface area (Å²) in [5, 5.41) is 0. The van der Waals surface area contributed by atoms with Crippen LogP contribution < -0.4 is 12.3 Å². The largest absolute Gasteiger partial charge is 6.00 e. The van der Waals surface area contributed by atoms with E-state index in [1.54, 1.807) is 0 Å². The smallest absolute Gasteiger partial charge is 2.00 e. The maximum absolute atomic E-state index is 0. The number of quaternary nitrogens is 2. The molecule has 8 N–H and O–H groups in total. The molecule has 0 atom stereocenters. The summed E-state index contributed by atoms with van der Waals surface area (Å²) >= 11 is 0. The fourth-order valence-corrected chi connectivity index (χ4v) is 0. The van der Waals surface area contributed by atoms with Gasteiger partial charge in [-0.1, -0.05) is 0 Å². The van der Waals surface area contributed by atoms with E-state index in [0.717, 1.165) is 0 Å². The molecule has 0 bridgehead atoms. The summed E-state index contributed by atoms with van der Waals surface area (Å²) in [7, 11) is 0. The maximum atomic E-state index is 0. The van der Waals surface area contributed by atoms with Gasteiger partial charge in [0.1, 0.15) is 0 Å². The van der Waals surface area contributed by atoms with Crippen LogP contribution in [-0.4, -0.2) is 0 Å². The van der Waals surface area contributed by atoms with Crippen LogP contribution in [0, 0.1) is 0 Å². The summed E-state index contributed by atoms with van der Waals surface area (Å²) in [6, 6.07) is 0. The van der Waals surface area contributed by atoms with Gasteiger partial charge in [0.25, 0.3) is 0 Å². The number of hydrogen-bond donors (Lipinski definition) is 2. The molecule has 0 fully saturated rings. The van der Waals surface area contributed by atoms with Crippen LogP contribution in [0.25, 0.3) is 0 Å². The van der Waals surface area contributed by atoms with Gasteiger partial charge < -0.3 is 34.2 Å². The molecule has 0 aliphatic heterocycles. The van der Waals surface area contributed by atoms with E-state index in [0.29, 0.717) is 0 Å². The molecule has 0 amide bonds. The Bertz CT molecular complexity index is 9.65. The van der Waals surface area contributed by atoms with E-state index in [1.807, 2.05) is 0 Å². The van der Waals surface area contributed by atoms with Crippen LogP contribution >= 0.6 is 0 Å². The minimum atomic E-state index is 0. The maximum Gasteiger partial charge on any atom is 6.00 e. The van der Waals surface area contributed by atoms with Gasteiger partial charge >= 0.3 is 21.1 Å². The summed E-state index contributed by atoms with van der Waals surface area (Å²) in [4.78, 5) is 0. The molecule has 0 saturated carbocycles. The molecular formula is H8N2O4W. The van der Waals surface area contributed by atoms with Crippen molar-refractivity contribution in [1.29, 1.82) is 0 Å². The van der Waals surface area contributed by atoms with Crippen molar-refractivity contribution in [3.8, 4) is 0 Å².